The third-order valence-corrected chi connectivity index (χ3v) is 3.11. The van der Waals surface area contributed by atoms with Crippen molar-refractivity contribution in [2.75, 3.05) is 6.54 Å². The molecule has 0 aromatic heterocycles. The molecule has 1 unspecified atom stereocenters. The molecule has 0 aliphatic heterocycles. The summed E-state index contributed by atoms with van der Waals surface area (Å²) in [5.74, 6) is 0. The van der Waals surface area contributed by atoms with Crippen molar-refractivity contribution in [3.8, 4) is 0 Å². The van der Waals surface area contributed by atoms with Gasteiger partial charge in [0.25, 0.3) is 0 Å². The Balaban J connectivity index is 4.68. The van der Waals surface area contributed by atoms with E-state index in [1.807, 2.05) is 19.9 Å². The molecule has 0 aliphatic carbocycles. The summed E-state index contributed by atoms with van der Waals surface area (Å²) >= 11 is 0. The third-order valence-electron chi connectivity index (χ3n) is 3.11. The SMILES string of the molecule is C/C=C(\C)C(O)C(C)(C)CC(C)(C)CN. The van der Waals surface area contributed by atoms with E-state index in [1.54, 1.807) is 0 Å². The lowest BCUT2D eigenvalue weighted by atomic mass is 9.70. The summed E-state index contributed by atoms with van der Waals surface area (Å²) in [6.07, 6.45) is 2.51. The molecule has 15 heavy (non-hydrogen) atoms. The Labute approximate surface area is 94.6 Å². The van der Waals surface area contributed by atoms with Gasteiger partial charge in [0.1, 0.15) is 0 Å². The molecule has 0 spiro atoms. The van der Waals surface area contributed by atoms with Gasteiger partial charge in [0.15, 0.2) is 0 Å². The second-order valence-electron chi connectivity index (χ2n) is 5.97. The van der Waals surface area contributed by atoms with Gasteiger partial charge >= 0.3 is 0 Å². The zero-order chi connectivity index (χ0) is 12.3. The molecule has 2 heteroatoms. The molecule has 0 saturated carbocycles. The van der Waals surface area contributed by atoms with Crippen molar-refractivity contribution in [2.45, 2.75) is 54.1 Å². The fraction of sp³-hybridized carbons (Fsp3) is 0.846. The van der Waals surface area contributed by atoms with Crippen LogP contribution in [0.5, 0.6) is 0 Å². The Bertz CT molecular complexity index is 229. The van der Waals surface area contributed by atoms with E-state index in [4.69, 9.17) is 5.73 Å². The summed E-state index contributed by atoms with van der Waals surface area (Å²) in [5.41, 5.74) is 6.72. The van der Waals surface area contributed by atoms with Crippen LogP contribution < -0.4 is 5.73 Å². The van der Waals surface area contributed by atoms with Crippen molar-refractivity contribution in [3.05, 3.63) is 11.6 Å². The molecule has 0 aromatic rings. The van der Waals surface area contributed by atoms with Crippen LogP contribution in [0, 0.1) is 10.8 Å². The average Bonchev–Trinajstić information content (AvgIpc) is 2.14. The number of aliphatic hydroxyl groups excluding tert-OH is 1. The molecule has 0 aromatic carbocycles. The number of hydrogen-bond acceptors (Lipinski definition) is 2. The van der Waals surface area contributed by atoms with E-state index >= 15 is 0 Å². The summed E-state index contributed by atoms with van der Waals surface area (Å²) in [7, 11) is 0. The topological polar surface area (TPSA) is 46.2 Å². The molecular weight excluding hydrogens is 186 g/mol. The molecule has 3 N–H and O–H groups in total. The highest BCUT2D eigenvalue weighted by atomic mass is 16.3. The van der Waals surface area contributed by atoms with Crippen LogP contribution in [-0.2, 0) is 0 Å². The molecule has 0 amide bonds. The molecule has 1 atom stereocenters. The summed E-state index contributed by atoms with van der Waals surface area (Å²) < 4.78 is 0. The summed E-state index contributed by atoms with van der Waals surface area (Å²) in [6.45, 7) is 13.1. The predicted molar refractivity (Wildman–Crippen MR) is 66.7 cm³/mol. The first-order chi connectivity index (χ1) is 6.66. The van der Waals surface area contributed by atoms with Gasteiger partial charge in [-0.15, -0.1) is 0 Å². The van der Waals surface area contributed by atoms with Gasteiger partial charge in [-0.25, -0.2) is 0 Å². The van der Waals surface area contributed by atoms with E-state index < -0.39 is 0 Å². The Morgan fingerprint density at radius 3 is 2.13 bits per heavy atom. The highest BCUT2D eigenvalue weighted by molar-refractivity contribution is 5.08. The zero-order valence-corrected chi connectivity index (χ0v) is 11.1. The maximum Gasteiger partial charge on any atom is 0.0798 e. The van der Waals surface area contributed by atoms with Crippen molar-refractivity contribution in [1.29, 1.82) is 0 Å². The molecule has 0 radical (unpaired) electrons. The molecular formula is C13H27NO. The van der Waals surface area contributed by atoms with Gasteiger partial charge in [-0.2, -0.15) is 0 Å². The molecule has 90 valence electrons. The van der Waals surface area contributed by atoms with Gasteiger partial charge in [0.05, 0.1) is 6.10 Å². The number of nitrogens with two attached hydrogens (primary N) is 1. The van der Waals surface area contributed by atoms with E-state index in [0.717, 1.165) is 12.0 Å². The quantitative estimate of drug-likeness (QED) is 0.690. The fourth-order valence-corrected chi connectivity index (χ4v) is 2.18. The number of rotatable bonds is 5. The Hall–Kier alpha value is -0.340. The number of hydrogen-bond donors (Lipinski definition) is 2. The van der Waals surface area contributed by atoms with E-state index in [9.17, 15) is 5.11 Å². The van der Waals surface area contributed by atoms with Crippen LogP contribution in [0.4, 0.5) is 0 Å². The molecule has 0 aliphatic rings. The standard InChI is InChI=1S/C13H27NO/c1-7-10(2)11(15)13(5,6)8-12(3,4)9-14/h7,11,15H,8-9,14H2,1-6H3/b10-7+. The highest BCUT2D eigenvalue weighted by Crippen LogP contribution is 2.37. The highest BCUT2D eigenvalue weighted by Gasteiger charge is 2.34. The van der Waals surface area contributed by atoms with E-state index in [1.165, 1.54) is 0 Å². The first-order valence-corrected chi connectivity index (χ1v) is 5.67. The van der Waals surface area contributed by atoms with Crippen molar-refractivity contribution in [3.63, 3.8) is 0 Å². The third kappa shape index (κ3) is 4.35. The lowest BCUT2D eigenvalue weighted by Crippen LogP contribution is -2.37. The molecule has 2 nitrogen and oxygen atoms in total. The molecule has 0 bridgehead atoms. The molecule has 0 saturated heterocycles. The fourth-order valence-electron chi connectivity index (χ4n) is 2.18. The summed E-state index contributed by atoms with van der Waals surface area (Å²) in [6, 6.07) is 0. The number of allylic oxidation sites excluding steroid dienone is 1. The normalized spacial score (nSPS) is 16.7. The first-order valence-electron chi connectivity index (χ1n) is 5.67. The van der Waals surface area contributed by atoms with Crippen LogP contribution in [-0.4, -0.2) is 17.8 Å². The van der Waals surface area contributed by atoms with Crippen molar-refractivity contribution in [1.82, 2.24) is 0 Å². The van der Waals surface area contributed by atoms with Crippen LogP contribution >= 0.6 is 0 Å². The second-order valence-corrected chi connectivity index (χ2v) is 5.97. The van der Waals surface area contributed by atoms with Crippen LogP contribution in [0.1, 0.15) is 48.0 Å². The Morgan fingerprint density at radius 1 is 1.33 bits per heavy atom. The Kier molecular flexibility index (Phi) is 5.01. The van der Waals surface area contributed by atoms with Crippen molar-refractivity contribution < 1.29 is 5.11 Å². The monoisotopic (exact) mass is 213 g/mol. The van der Waals surface area contributed by atoms with Gasteiger partial charge in [0.2, 0.25) is 0 Å². The van der Waals surface area contributed by atoms with Gasteiger partial charge in [-0.1, -0.05) is 33.8 Å². The predicted octanol–water partition coefficient (Wildman–Crippen LogP) is 2.71. The number of aliphatic hydroxyl groups is 1. The van der Waals surface area contributed by atoms with Crippen LogP contribution in [0.15, 0.2) is 11.6 Å². The molecule has 0 rings (SSSR count). The van der Waals surface area contributed by atoms with Gasteiger partial charge in [0, 0.05) is 0 Å². The van der Waals surface area contributed by atoms with Crippen molar-refractivity contribution >= 4 is 0 Å². The molecule has 0 heterocycles. The lowest BCUT2D eigenvalue weighted by Gasteiger charge is -2.38. The van der Waals surface area contributed by atoms with Gasteiger partial charge in [-0.3, -0.25) is 0 Å². The van der Waals surface area contributed by atoms with Crippen LogP contribution in [0.2, 0.25) is 0 Å². The first kappa shape index (κ1) is 14.7. The smallest absolute Gasteiger partial charge is 0.0798 e. The molecule has 0 fully saturated rings. The second kappa shape index (κ2) is 5.13. The minimum Gasteiger partial charge on any atom is -0.388 e. The van der Waals surface area contributed by atoms with Crippen LogP contribution in [0.3, 0.4) is 0 Å². The van der Waals surface area contributed by atoms with Crippen LogP contribution in [0.25, 0.3) is 0 Å². The summed E-state index contributed by atoms with van der Waals surface area (Å²) in [4.78, 5) is 0. The largest absolute Gasteiger partial charge is 0.388 e. The Morgan fingerprint density at radius 2 is 1.80 bits per heavy atom. The zero-order valence-electron chi connectivity index (χ0n) is 11.1. The minimum atomic E-state index is -0.381. The van der Waals surface area contributed by atoms with Gasteiger partial charge in [-0.05, 0) is 43.2 Å². The maximum absolute atomic E-state index is 10.2. The van der Waals surface area contributed by atoms with E-state index in [2.05, 4.69) is 27.7 Å². The summed E-state index contributed by atoms with van der Waals surface area (Å²) in [5, 5.41) is 10.2. The maximum atomic E-state index is 10.2. The average molecular weight is 213 g/mol. The van der Waals surface area contributed by atoms with E-state index in [-0.39, 0.29) is 16.9 Å². The lowest BCUT2D eigenvalue weighted by molar-refractivity contribution is 0.0445. The van der Waals surface area contributed by atoms with Crippen molar-refractivity contribution in [2.24, 2.45) is 16.6 Å². The minimum absolute atomic E-state index is 0.0818. The van der Waals surface area contributed by atoms with Gasteiger partial charge < -0.3 is 10.8 Å². The van der Waals surface area contributed by atoms with E-state index in [0.29, 0.717) is 6.54 Å².